The smallest absolute Gasteiger partial charge is 0.115 e. The third-order valence-electron chi connectivity index (χ3n) is 2.08. The molecule has 0 unspecified atom stereocenters. The van der Waals surface area contributed by atoms with Crippen LogP contribution in [0.2, 0.25) is 0 Å². The van der Waals surface area contributed by atoms with Gasteiger partial charge in [-0.05, 0) is 38.5 Å². The van der Waals surface area contributed by atoms with Gasteiger partial charge in [-0.3, -0.25) is 0 Å². The maximum absolute atomic E-state index is 9.83. The minimum absolute atomic E-state index is 0.0161. The summed E-state index contributed by atoms with van der Waals surface area (Å²) in [5.41, 5.74) is 0.712. The van der Waals surface area contributed by atoms with E-state index in [0.717, 1.165) is 5.56 Å². The maximum Gasteiger partial charge on any atom is 0.115 e. The molecule has 0 radical (unpaired) electrons. The van der Waals surface area contributed by atoms with Crippen LogP contribution < -0.4 is 5.32 Å². The van der Waals surface area contributed by atoms with E-state index < -0.39 is 6.10 Å². The summed E-state index contributed by atoms with van der Waals surface area (Å²) >= 11 is 0. The number of rotatable bonds is 3. The van der Waals surface area contributed by atoms with Gasteiger partial charge in [0.05, 0.1) is 6.10 Å². The first-order valence-corrected chi connectivity index (χ1v) is 5.10. The van der Waals surface area contributed by atoms with Crippen LogP contribution in [0.1, 0.15) is 32.4 Å². The summed E-state index contributed by atoms with van der Waals surface area (Å²) in [6.45, 7) is 6.61. The Morgan fingerprint density at radius 1 is 1.33 bits per heavy atom. The molecule has 1 aromatic rings. The number of benzene rings is 1. The zero-order chi connectivity index (χ0) is 11.5. The van der Waals surface area contributed by atoms with E-state index in [2.05, 4.69) is 5.32 Å². The van der Waals surface area contributed by atoms with Crippen molar-refractivity contribution >= 4 is 0 Å². The van der Waals surface area contributed by atoms with Gasteiger partial charge in [-0.25, -0.2) is 0 Å². The van der Waals surface area contributed by atoms with E-state index >= 15 is 0 Å². The van der Waals surface area contributed by atoms with Gasteiger partial charge in [0.2, 0.25) is 0 Å². The summed E-state index contributed by atoms with van der Waals surface area (Å²) in [5.74, 6) is 0.183. The second-order valence-corrected chi connectivity index (χ2v) is 4.74. The molecule has 0 amide bonds. The summed E-state index contributed by atoms with van der Waals surface area (Å²) in [6, 6.07) is 6.70. The molecule has 3 heteroatoms. The average Bonchev–Trinajstić information content (AvgIpc) is 2.13. The van der Waals surface area contributed by atoms with Crippen molar-refractivity contribution < 1.29 is 10.2 Å². The summed E-state index contributed by atoms with van der Waals surface area (Å²) in [4.78, 5) is 0. The van der Waals surface area contributed by atoms with Crippen molar-refractivity contribution in [2.24, 2.45) is 0 Å². The number of β-amino-alcohol motifs (C(OH)–C–C–N with tert-alkyl or cyclic N) is 1. The van der Waals surface area contributed by atoms with Crippen LogP contribution in [0.4, 0.5) is 0 Å². The molecule has 0 heterocycles. The molecule has 0 aliphatic rings. The van der Waals surface area contributed by atoms with Crippen LogP contribution >= 0.6 is 0 Å². The quantitative estimate of drug-likeness (QED) is 0.711. The van der Waals surface area contributed by atoms with E-state index in [1.165, 1.54) is 0 Å². The number of aliphatic hydroxyl groups is 1. The lowest BCUT2D eigenvalue weighted by Crippen LogP contribution is -2.38. The minimum atomic E-state index is -0.587. The Morgan fingerprint density at radius 3 is 2.53 bits per heavy atom. The van der Waals surface area contributed by atoms with Crippen LogP contribution in [0.5, 0.6) is 5.75 Å². The second kappa shape index (κ2) is 4.64. The average molecular weight is 209 g/mol. The van der Waals surface area contributed by atoms with E-state index in [9.17, 15) is 10.2 Å². The zero-order valence-corrected chi connectivity index (χ0v) is 9.49. The number of aliphatic hydroxyl groups excluding tert-OH is 1. The van der Waals surface area contributed by atoms with Gasteiger partial charge in [-0.1, -0.05) is 12.1 Å². The number of nitrogens with one attached hydrogen (secondary N) is 1. The molecule has 1 atom stereocenters. The van der Waals surface area contributed by atoms with Gasteiger partial charge in [-0.2, -0.15) is 0 Å². The molecule has 15 heavy (non-hydrogen) atoms. The molecule has 0 aliphatic heterocycles. The van der Waals surface area contributed by atoms with Gasteiger partial charge < -0.3 is 15.5 Å². The molecule has 0 spiro atoms. The first kappa shape index (κ1) is 12.0. The Balaban J connectivity index is 2.58. The maximum atomic E-state index is 9.83. The Kier molecular flexibility index (Phi) is 3.72. The van der Waals surface area contributed by atoms with E-state index in [-0.39, 0.29) is 11.3 Å². The van der Waals surface area contributed by atoms with E-state index in [1.54, 1.807) is 24.3 Å². The fraction of sp³-hybridized carbons (Fsp3) is 0.500. The Morgan fingerprint density at radius 2 is 2.00 bits per heavy atom. The standard InChI is InChI=1S/C12H19NO2/c1-12(2,3)13-8-11(15)9-5-4-6-10(14)7-9/h4-7,11,13-15H,8H2,1-3H3/t11-/m1/s1. The van der Waals surface area contributed by atoms with Crippen molar-refractivity contribution in [1.29, 1.82) is 0 Å². The summed E-state index contributed by atoms with van der Waals surface area (Å²) in [5, 5.41) is 22.3. The van der Waals surface area contributed by atoms with Gasteiger partial charge in [0.15, 0.2) is 0 Å². The predicted octanol–water partition coefficient (Wildman–Crippen LogP) is 1.81. The van der Waals surface area contributed by atoms with Crippen molar-refractivity contribution in [3.8, 4) is 5.75 Å². The van der Waals surface area contributed by atoms with Gasteiger partial charge in [0, 0.05) is 12.1 Å². The lowest BCUT2D eigenvalue weighted by molar-refractivity contribution is 0.163. The van der Waals surface area contributed by atoms with Gasteiger partial charge in [0.25, 0.3) is 0 Å². The molecule has 0 fully saturated rings. The minimum Gasteiger partial charge on any atom is -0.508 e. The highest BCUT2D eigenvalue weighted by Gasteiger charge is 2.13. The predicted molar refractivity (Wildman–Crippen MR) is 60.8 cm³/mol. The van der Waals surface area contributed by atoms with Gasteiger partial charge >= 0.3 is 0 Å². The number of phenols is 1. The van der Waals surface area contributed by atoms with Crippen LogP contribution in [0, 0.1) is 0 Å². The Bertz CT molecular complexity index is 318. The number of hydrogen-bond acceptors (Lipinski definition) is 3. The molecule has 0 aromatic heterocycles. The molecule has 0 bridgehead atoms. The monoisotopic (exact) mass is 209 g/mol. The highest BCUT2D eigenvalue weighted by molar-refractivity contribution is 5.28. The second-order valence-electron chi connectivity index (χ2n) is 4.74. The van der Waals surface area contributed by atoms with E-state index in [1.807, 2.05) is 20.8 Å². The normalized spacial score (nSPS) is 13.9. The highest BCUT2D eigenvalue weighted by Crippen LogP contribution is 2.18. The largest absolute Gasteiger partial charge is 0.508 e. The fourth-order valence-corrected chi connectivity index (χ4v) is 1.25. The third-order valence-corrected chi connectivity index (χ3v) is 2.08. The first-order chi connectivity index (χ1) is 6.88. The van der Waals surface area contributed by atoms with Gasteiger partial charge in [-0.15, -0.1) is 0 Å². The molecule has 0 saturated carbocycles. The lowest BCUT2D eigenvalue weighted by atomic mass is 10.1. The zero-order valence-electron chi connectivity index (χ0n) is 9.49. The Labute approximate surface area is 90.8 Å². The lowest BCUT2D eigenvalue weighted by Gasteiger charge is -2.23. The molecule has 1 rings (SSSR count). The number of phenolic OH excluding ortho intramolecular Hbond substituents is 1. The van der Waals surface area contributed by atoms with Crippen LogP contribution in [0.15, 0.2) is 24.3 Å². The topological polar surface area (TPSA) is 52.5 Å². The van der Waals surface area contributed by atoms with Crippen molar-refractivity contribution in [2.75, 3.05) is 6.54 Å². The van der Waals surface area contributed by atoms with Crippen molar-refractivity contribution in [3.05, 3.63) is 29.8 Å². The van der Waals surface area contributed by atoms with Crippen molar-refractivity contribution in [3.63, 3.8) is 0 Å². The van der Waals surface area contributed by atoms with E-state index in [0.29, 0.717) is 6.54 Å². The first-order valence-electron chi connectivity index (χ1n) is 5.10. The molecule has 0 saturated heterocycles. The molecule has 84 valence electrons. The molecule has 0 aliphatic carbocycles. The van der Waals surface area contributed by atoms with Crippen molar-refractivity contribution in [1.82, 2.24) is 5.32 Å². The number of aromatic hydroxyl groups is 1. The molecule has 3 N–H and O–H groups in total. The van der Waals surface area contributed by atoms with Crippen LogP contribution in [0.25, 0.3) is 0 Å². The third kappa shape index (κ3) is 4.32. The number of hydrogen-bond donors (Lipinski definition) is 3. The fourth-order valence-electron chi connectivity index (χ4n) is 1.25. The van der Waals surface area contributed by atoms with E-state index in [4.69, 9.17) is 0 Å². The molecular formula is C12H19NO2. The summed E-state index contributed by atoms with van der Waals surface area (Å²) < 4.78 is 0. The van der Waals surface area contributed by atoms with Gasteiger partial charge in [0.1, 0.15) is 5.75 Å². The summed E-state index contributed by atoms with van der Waals surface area (Å²) in [7, 11) is 0. The Hall–Kier alpha value is -1.06. The summed E-state index contributed by atoms with van der Waals surface area (Å²) in [6.07, 6.45) is -0.587. The van der Waals surface area contributed by atoms with Crippen LogP contribution in [-0.2, 0) is 0 Å². The highest BCUT2D eigenvalue weighted by atomic mass is 16.3. The van der Waals surface area contributed by atoms with Crippen LogP contribution in [-0.4, -0.2) is 22.3 Å². The SMILES string of the molecule is CC(C)(C)NC[C@@H](O)c1cccc(O)c1. The molecule has 3 nitrogen and oxygen atoms in total. The van der Waals surface area contributed by atoms with Crippen molar-refractivity contribution in [2.45, 2.75) is 32.4 Å². The molecular weight excluding hydrogens is 190 g/mol. The van der Waals surface area contributed by atoms with Crippen LogP contribution in [0.3, 0.4) is 0 Å². The molecule has 1 aromatic carbocycles.